The van der Waals surface area contributed by atoms with Gasteiger partial charge in [0.15, 0.2) is 0 Å². The summed E-state index contributed by atoms with van der Waals surface area (Å²) in [6, 6.07) is 34.9. The van der Waals surface area contributed by atoms with E-state index in [0.717, 1.165) is 17.1 Å². The molecule has 156 valence electrons. The lowest BCUT2D eigenvalue weighted by Crippen LogP contribution is -2.37. The smallest absolute Gasteiger partial charge is 0.0950 e. The maximum atomic E-state index is 5.24. The Bertz CT molecular complexity index is 1480. The molecule has 0 bridgehead atoms. The number of benzene rings is 4. The molecule has 0 spiro atoms. The minimum Gasteiger partial charge on any atom is -0.371 e. The predicted octanol–water partition coefficient (Wildman–Crippen LogP) is 5.98. The minimum absolute atomic E-state index is 0.0977. The highest BCUT2D eigenvalue weighted by atomic mass is 31.1. The number of nitrogens with zero attached hydrogens (tertiary/aromatic N) is 1. The zero-order chi connectivity index (χ0) is 21.8. The molecule has 7 rings (SSSR count). The third kappa shape index (κ3) is 2.95. The molecular weight excluding hydrogens is 419 g/mol. The van der Waals surface area contributed by atoms with Crippen molar-refractivity contribution in [3.05, 3.63) is 132 Å². The van der Waals surface area contributed by atoms with Gasteiger partial charge in [-0.15, -0.1) is 0 Å². The van der Waals surface area contributed by atoms with Crippen LogP contribution < -0.4 is 15.9 Å². The van der Waals surface area contributed by atoms with E-state index in [1.165, 1.54) is 37.8 Å². The van der Waals surface area contributed by atoms with E-state index in [4.69, 9.17) is 4.99 Å². The molecule has 0 aromatic heterocycles. The van der Waals surface area contributed by atoms with Gasteiger partial charge >= 0.3 is 0 Å². The zero-order valence-electron chi connectivity index (χ0n) is 17.9. The second kappa shape index (κ2) is 7.40. The Morgan fingerprint density at radius 1 is 0.697 bits per heavy atom. The first kappa shape index (κ1) is 18.8. The van der Waals surface area contributed by atoms with Crippen LogP contribution in [0.25, 0.3) is 22.2 Å². The minimum atomic E-state index is -0.647. The number of nitrogens with one attached hydrogen (secondary N) is 1. The van der Waals surface area contributed by atoms with Crippen LogP contribution in [0.2, 0.25) is 0 Å². The van der Waals surface area contributed by atoms with Crippen molar-refractivity contribution in [3.63, 3.8) is 0 Å². The molecule has 1 N–H and O–H groups in total. The highest BCUT2D eigenvalue weighted by Gasteiger charge is 2.32. The Balaban J connectivity index is 1.36. The number of rotatable bonds is 3. The molecule has 33 heavy (non-hydrogen) atoms. The van der Waals surface area contributed by atoms with Crippen LogP contribution in [0.5, 0.6) is 0 Å². The molecule has 0 saturated heterocycles. The van der Waals surface area contributed by atoms with Crippen LogP contribution in [0.4, 0.5) is 0 Å². The SMILES string of the molecule is C1=CC2NC3=C(N=C2C=C1P(c1ccccc1)c1ccccc1)c1cccc2cccc3c12. The highest BCUT2D eigenvalue weighted by Crippen LogP contribution is 2.47. The summed E-state index contributed by atoms with van der Waals surface area (Å²) in [6.07, 6.45) is 6.90. The molecular formula is C30H21N2P. The van der Waals surface area contributed by atoms with Crippen molar-refractivity contribution in [2.45, 2.75) is 6.04 Å². The van der Waals surface area contributed by atoms with E-state index in [1.54, 1.807) is 0 Å². The van der Waals surface area contributed by atoms with Crippen molar-refractivity contribution in [2.24, 2.45) is 4.99 Å². The summed E-state index contributed by atoms with van der Waals surface area (Å²) in [7, 11) is -0.647. The van der Waals surface area contributed by atoms with Crippen LogP contribution in [0, 0.1) is 0 Å². The Hall–Kier alpha value is -3.74. The van der Waals surface area contributed by atoms with E-state index in [2.05, 4.69) is 121 Å². The number of fused-ring (bicyclic) bond motifs is 3. The topological polar surface area (TPSA) is 24.4 Å². The monoisotopic (exact) mass is 440 g/mol. The summed E-state index contributed by atoms with van der Waals surface area (Å²) in [5.74, 6) is 0. The van der Waals surface area contributed by atoms with Gasteiger partial charge in [0, 0.05) is 16.5 Å². The first-order valence-corrected chi connectivity index (χ1v) is 12.6. The fraction of sp³-hybridized carbons (Fsp3) is 0.0333. The Morgan fingerprint density at radius 2 is 1.36 bits per heavy atom. The number of hydrogen-bond donors (Lipinski definition) is 1. The lowest BCUT2D eigenvalue weighted by atomic mass is 10.0. The summed E-state index contributed by atoms with van der Waals surface area (Å²) in [5.41, 5.74) is 5.82. The Kier molecular flexibility index (Phi) is 4.22. The normalized spacial score (nSPS) is 18.0. The molecule has 4 aromatic carbocycles. The lowest BCUT2D eigenvalue weighted by Gasteiger charge is -2.29. The van der Waals surface area contributed by atoms with Crippen LogP contribution in [0.3, 0.4) is 0 Å². The van der Waals surface area contributed by atoms with Gasteiger partial charge in [-0.25, -0.2) is 4.99 Å². The molecule has 1 heterocycles. The van der Waals surface area contributed by atoms with Crippen molar-refractivity contribution < 1.29 is 0 Å². The van der Waals surface area contributed by atoms with Crippen molar-refractivity contribution in [1.82, 2.24) is 5.32 Å². The van der Waals surface area contributed by atoms with Gasteiger partial charge < -0.3 is 5.32 Å². The van der Waals surface area contributed by atoms with Crippen molar-refractivity contribution >= 4 is 46.4 Å². The second-order valence-electron chi connectivity index (χ2n) is 8.53. The molecule has 0 fully saturated rings. The predicted molar refractivity (Wildman–Crippen MR) is 141 cm³/mol. The number of hydrogen-bond acceptors (Lipinski definition) is 2. The average Bonchev–Trinajstić information content (AvgIpc) is 3.19. The van der Waals surface area contributed by atoms with E-state index in [9.17, 15) is 0 Å². The van der Waals surface area contributed by atoms with E-state index in [0.29, 0.717) is 0 Å². The fourth-order valence-electron chi connectivity index (χ4n) is 5.10. The van der Waals surface area contributed by atoms with Crippen LogP contribution in [-0.2, 0) is 0 Å². The molecule has 1 atom stereocenters. The van der Waals surface area contributed by atoms with Gasteiger partial charge in [-0.05, 0) is 35.3 Å². The summed E-state index contributed by atoms with van der Waals surface area (Å²) in [5, 5.41) is 10.4. The van der Waals surface area contributed by atoms with Crippen molar-refractivity contribution in [2.75, 3.05) is 0 Å². The van der Waals surface area contributed by atoms with Gasteiger partial charge in [0.25, 0.3) is 0 Å². The molecule has 1 unspecified atom stereocenters. The summed E-state index contributed by atoms with van der Waals surface area (Å²) in [4.78, 5) is 5.24. The van der Waals surface area contributed by atoms with Crippen molar-refractivity contribution in [3.8, 4) is 0 Å². The van der Waals surface area contributed by atoms with E-state index in [1.807, 2.05) is 0 Å². The third-order valence-electron chi connectivity index (χ3n) is 6.57. The Morgan fingerprint density at radius 3 is 2.06 bits per heavy atom. The molecule has 2 aliphatic carbocycles. The van der Waals surface area contributed by atoms with Crippen molar-refractivity contribution in [1.29, 1.82) is 0 Å². The molecule has 0 radical (unpaired) electrons. The molecule has 3 heteroatoms. The molecule has 2 nitrogen and oxygen atoms in total. The highest BCUT2D eigenvalue weighted by molar-refractivity contribution is 7.77. The standard InChI is InChI=1S/C30H21N2P/c1-3-11-21(12-4-1)33(22-13-5-2-6-14-22)23-17-18-26-27(19-23)32-30-25-16-8-10-20-9-7-15-24(28(20)25)29(30)31-26/h1-19,26,31H. The fourth-order valence-corrected chi connectivity index (χ4v) is 7.43. The maximum absolute atomic E-state index is 5.24. The van der Waals surface area contributed by atoms with Gasteiger partial charge in [-0.3, -0.25) is 0 Å². The zero-order valence-corrected chi connectivity index (χ0v) is 18.8. The summed E-state index contributed by atoms with van der Waals surface area (Å²) in [6.45, 7) is 0. The van der Waals surface area contributed by atoms with Gasteiger partial charge in [0.1, 0.15) is 0 Å². The molecule has 0 amide bonds. The van der Waals surface area contributed by atoms with Crippen LogP contribution >= 0.6 is 7.92 Å². The molecule has 0 saturated carbocycles. The first-order valence-electron chi connectivity index (χ1n) is 11.3. The van der Waals surface area contributed by atoms with Gasteiger partial charge in [0.05, 0.1) is 23.1 Å². The second-order valence-corrected chi connectivity index (χ2v) is 10.7. The van der Waals surface area contributed by atoms with Gasteiger partial charge in [-0.2, -0.15) is 0 Å². The lowest BCUT2D eigenvalue weighted by molar-refractivity contribution is 0.886. The number of allylic oxidation sites excluding steroid dienone is 2. The van der Waals surface area contributed by atoms with Crippen LogP contribution in [-0.4, -0.2) is 11.8 Å². The summed E-state index contributed by atoms with van der Waals surface area (Å²) < 4.78 is 0. The van der Waals surface area contributed by atoms with Crippen LogP contribution in [0.15, 0.2) is 126 Å². The Labute approximate surface area is 194 Å². The molecule has 4 aromatic rings. The third-order valence-corrected chi connectivity index (χ3v) is 8.99. The largest absolute Gasteiger partial charge is 0.371 e. The maximum Gasteiger partial charge on any atom is 0.0950 e. The molecule has 3 aliphatic rings. The van der Waals surface area contributed by atoms with Crippen LogP contribution in [0.1, 0.15) is 11.1 Å². The van der Waals surface area contributed by atoms with Gasteiger partial charge in [0.2, 0.25) is 0 Å². The van der Waals surface area contributed by atoms with Gasteiger partial charge in [-0.1, -0.05) is 109 Å². The summed E-state index contributed by atoms with van der Waals surface area (Å²) >= 11 is 0. The van der Waals surface area contributed by atoms with E-state index < -0.39 is 7.92 Å². The quantitative estimate of drug-likeness (QED) is 0.390. The first-order chi connectivity index (χ1) is 16.4. The van der Waals surface area contributed by atoms with E-state index >= 15 is 0 Å². The van der Waals surface area contributed by atoms with E-state index in [-0.39, 0.29) is 6.04 Å². The number of aliphatic imine (C=N–C) groups is 1. The molecule has 1 aliphatic heterocycles. The average molecular weight is 440 g/mol.